The smallest absolute Gasteiger partial charge is 0.264 e. The fourth-order valence-electron chi connectivity index (χ4n) is 0. The van der Waals surface area contributed by atoms with Crippen LogP contribution in [0.15, 0.2) is 0 Å². The molecule has 0 aromatic rings. The fraction of sp³-hybridized carbons (Fsp3) is 0. The molecule has 4 N–H and O–H groups in total. The van der Waals surface area contributed by atoms with Crippen LogP contribution >= 0.6 is 0 Å². The van der Waals surface area contributed by atoms with Crippen LogP contribution < -0.4 is 0 Å². The molecule has 0 atom stereocenters. The Balaban J connectivity index is -0.0000000457. The molecule has 0 aromatic carbocycles. The first-order chi connectivity index (χ1) is 4.00. The third kappa shape index (κ3) is 830. The molecule has 0 aliphatic heterocycles. The summed E-state index contributed by atoms with van der Waals surface area (Å²) in [5, 5.41) is 0. The Hall–Kier alpha value is 1.18. The second-order valence-corrected chi connectivity index (χ2v) is 2.69. The molecule has 0 aliphatic rings. The number of hydrogen-bond acceptors (Lipinski definition) is 4. The van der Waals surface area contributed by atoms with Crippen molar-refractivity contribution in [3.8, 4) is 0 Å². The van der Waals surface area contributed by atoms with Crippen LogP contribution in [0.2, 0.25) is 0 Å². The molecule has 0 unspecified atom stereocenters. The number of rotatable bonds is 0. The van der Waals surface area contributed by atoms with Crippen molar-refractivity contribution in [1.29, 1.82) is 0 Å². The molecule has 0 aliphatic carbocycles. The van der Waals surface area contributed by atoms with Crippen LogP contribution in [0.1, 0.15) is 0 Å². The van der Waals surface area contributed by atoms with Crippen LogP contribution in [0.4, 0.5) is 0 Å². The maximum absolute atomic E-state index is 8.74. The Kier molecular flexibility index (Phi) is 16.9. The van der Waals surface area contributed by atoms with Crippen LogP contribution in [0.5, 0.6) is 0 Å². The molecule has 0 fully saturated rings. The predicted octanol–water partition coefficient (Wildman–Crippen LogP) is -1.31. The minimum Gasteiger partial charge on any atom is -0.264 e. The van der Waals surface area contributed by atoms with Crippen LogP contribution in [-0.4, -0.2) is 35.0 Å². The summed E-state index contributed by atoms with van der Waals surface area (Å²) in [5.74, 6) is 0. The summed E-state index contributed by atoms with van der Waals surface area (Å²) in [6, 6.07) is 0. The largest absolute Gasteiger partial charge is 0.394 e. The van der Waals surface area contributed by atoms with E-state index >= 15 is 0 Å². The van der Waals surface area contributed by atoms with Crippen molar-refractivity contribution in [3.05, 3.63) is 0 Å². The van der Waals surface area contributed by atoms with Gasteiger partial charge in [0.1, 0.15) is 0 Å². The molecular formula is H4CdCuO8S2. The van der Waals surface area contributed by atoms with Crippen molar-refractivity contribution in [1.82, 2.24) is 0 Å². The first-order valence-electron chi connectivity index (χ1n) is 1.40. The molecule has 0 aromatic heterocycles. The zero-order chi connectivity index (χ0) is 9.00. The Morgan fingerprint density at radius 3 is 0.667 bits per heavy atom. The third-order valence-electron chi connectivity index (χ3n) is 0. The van der Waals surface area contributed by atoms with Crippen molar-refractivity contribution in [2.45, 2.75) is 0 Å². The summed E-state index contributed by atoms with van der Waals surface area (Å²) in [6.45, 7) is 0. The van der Waals surface area contributed by atoms with E-state index in [1.54, 1.807) is 0 Å². The topological polar surface area (TPSA) is 149 Å². The SMILES string of the molecule is O=S(=O)(O)O.O=S(=O)(O)O.[Cd].[Cu]. The predicted molar refractivity (Wildman–Crippen MR) is 28.4 cm³/mol. The van der Waals surface area contributed by atoms with Crippen LogP contribution in [-0.2, 0) is 65.2 Å². The fourth-order valence-corrected chi connectivity index (χ4v) is 0. The molecule has 12 heavy (non-hydrogen) atoms. The van der Waals surface area contributed by atoms with Gasteiger partial charge in [-0.1, -0.05) is 0 Å². The van der Waals surface area contributed by atoms with Gasteiger partial charge in [-0.05, 0) is 0 Å². The van der Waals surface area contributed by atoms with E-state index in [4.69, 9.17) is 35.0 Å². The van der Waals surface area contributed by atoms with Gasteiger partial charge in [-0.25, -0.2) is 0 Å². The van der Waals surface area contributed by atoms with Crippen molar-refractivity contribution >= 4 is 20.8 Å². The van der Waals surface area contributed by atoms with E-state index in [1.165, 1.54) is 0 Å². The third-order valence-corrected chi connectivity index (χ3v) is 0. The van der Waals surface area contributed by atoms with E-state index in [0.29, 0.717) is 0 Å². The standard InChI is InChI=1S/Cd.Cu.2H2O4S/c;;2*1-5(2,3)4/h;;2*(H2,1,2,3,4). The van der Waals surface area contributed by atoms with Crippen molar-refractivity contribution in [2.24, 2.45) is 0 Å². The summed E-state index contributed by atoms with van der Waals surface area (Å²) in [5.41, 5.74) is 0. The summed E-state index contributed by atoms with van der Waals surface area (Å²) in [4.78, 5) is 0. The molecule has 0 heterocycles. The molecule has 12 heteroatoms. The van der Waals surface area contributed by atoms with Gasteiger partial charge in [0.2, 0.25) is 0 Å². The summed E-state index contributed by atoms with van der Waals surface area (Å²) < 4.78 is 63.2. The summed E-state index contributed by atoms with van der Waals surface area (Å²) >= 11 is 0. The first kappa shape index (κ1) is 23.2. The Morgan fingerprint density at radius 1 is 0.667 bits per heavy atom. The van der Waals surface area contributed by atoms with Gasteiger partial charge in [0, 0.05) is 44.4 Å². The van der Waals surface area contributed by atoms with E-state index in [2.05, 4.69) is 0 Å². The molecular weight excluding hydrogens is 368 g/mol. The maximum atomic E-state index is 8.74. The van der Waals surface area contributed by atoms with Gasteiger partial charge in [0.15, 0.2) is 0 Å². The van der Waals surface area contributed by atoms with Gasteiger partial charge in [-0.2, -0.15) is 16.8 Å². The second-order valence-electron chi connectivity index (χ2n) is 0.896. The summed E-state index contributed by atoms with van der Waals surface area (Å²) in [7, 11) is -9.33. The Morgan fingerprint density at radius 2 is 0.667 bits per heavy atom. The molecule has 0 saturated carbocycles. The van der Waals surface area contributed by atoms with Gasteiger partial charge in [0.25, 0.3) is 0 Å². The first-order valence-corrected chi connectivity index (χ1v) is 4.19. The molecule has 1 radical (unpaired) electrons. The van der Waals surface area contributed by atoms with E-state index in [-0.39, 0.29) is 44.4 Å². The zero-order valence-electron chi connectivity index (χ0n) is 5.25. The monoisotopic (exact) mass is 373 g/mol. The van der Waals surface area contributed by atoms with E-state index in [0.717, 1.165) is 0 Å². The van der Waals surface area contributed by atoms with Gasteiger partial charge in [-0.3, -0.25) is 18.2 Å². The van der Waals surface area contributed by atoms with Gasteiger partial charge in [0.05, 0.1) is 0 Å². The molecule has 8 nitrogen and oxygen atoms in total. The molecule has 0 bridgehead atoms. The van der Waals surface area contributed by atoms with E-state index in [1.807, 2.05) is 0 Å². The molecule has 0 spiro atoms. The van der Waals surface area contributed by atoms with Gasteiger partial charge < -0.3 is 0 Å². The minimum absolute atomic E-state index is 0. The number of hydrogen-bond donors (Lipinski definition) is 4. The minimum atomic E-state index is -4.67. The maximum Gasteiger partial charge on any atom is 0.394 e. The van der Waals surface area contributed by atoms with Crippen molar-refractivity contribution in [2.75, 3.05) is 0 Å². The second kappa shape index (κ2) is 8.77. The van der Waals surface area contributed by atoms with Crippen LogP contribution in [0.25, 0.3) is 0 Å². The molecule has 0 amide bonds. The summed E-state index contributed by atoms with van der Waals surface area (Å²) in [6.07, 6.45) is 0. The average molecular weight is 372 g/mol. The Labute approximate surface area is 99.5 Å². The van der Waals surface area contributed by atoms with E-state index < -0.39 is 20.8 Å². The van der Waals surface area contributed by atoms with Gasteiger partial charge >= 0.3 is 20.8 Å². The van der Waals surface area contributed by atoms with Crippen LogP contribution in [0.3, 0.4) is 0 Å². The normalized spacial score (nSPS) is 9.67. The average Bonchev–Trinajstić information content (AvgIpc) is 1.12. The van der Waals surface area contributed by atoms with Gasteiger partial charge in [-0.15, -0.1) is 0 Å². The van der Waals surface area contributed by atoms with Crippen LogP contribution in [0, 0.1) is 0 Å². The molecule has 0 rings (SSSR count). The van der Waals surface area contributed by atoms with Crippen molar-refractivity contribution in [3.63, 3.8) is 0 Å². The zero-order valence-corrected chi connectivity index (χ0v) is 11.9. The molecule has 0 saturated heterocycles. The molecule has 77 valence electrons. The Bertz CT molecular complexity index is 213. The quantitative estimate of drug-likeness (QED) is 0.303. The van der Waals surface area contributed by atoms with Crippen molar-refractivity contribution < 1.29 is 79.4 Å². The van der Waals surface area contributed by atoms with E-state index in [9.17, 15) is 0 Å².